The molecule has 0 bridgehead atoms. The smallest absolute Gasteiger partial charge is 0.312 e. The van der Waals surface area contributed by atoms with Crippen molar-refractivity contribution < 1.29 is 23.5 Å². The summed E-state index contributed by atoms with van der Waals surface area (Å²) in [6, 6.07) is 5.40. The molecule has 2 rings (SSSR count). The molecular weight excluding hydrogens is 351 g/mol. The third-order valence-corrected chi connectivity index (χ3v) is 3.56. The Kier molecular flexibility index (Phi) is 6.60. The number of halogens is 1. The van der Waals surface area contributed by atoms with Crippen molar-refractivity contribution in [3.8, 4) is 5.88 Å². The summed E-state index contributed by atoms with van der Waals surface area (Å²) in [5.41, 5.74) is 0.801. The number of esters is 1. The summed E-state index contributed by atoms with van der Waals surface area (Å²) in [5, 5.41) is 0. The van der Waals surface area contributed by atoms with Crippen LogP contribution in [-0.2, 0) is 22.4 Å². The van der Waals surface area contributed by atoms with E-state index in [-0.39, 0.29) is 30.3 Å². The van der Waals surface area contributed by atoms with Gasteiger partial charge >= 0.3 is 5.97 Å². The molecule has 27 heavy (non-hydrogen) atoms. The third-order valence-electron chi connectivity index (χ3n) is 3.56. The molecule has 0 spiro atoms. The fraction of sp³-hybridized carbons (Fsp3) is 0.400. The van der Waals surface area contributed by atoms with Gasteiger partial charge in [0.15, 0.2) is 5.78 Å². The first-order valence-electron chi connectivity index (χ1n) is 8.57. The number of aromatic nitrogens is 2. The van der Waals surface area contributed by atoms with Crippen molar-refractivity contribution >= 4 is 11.8 Å². The topological polar surface area (TPSA) is 78.4 Å². The number of hydrogen-bond donors (Lipinski definition) is 0. The minimum Gasteiger partial charge on any atom is -0.480 e. The van der Waals surface area contributed by atoms with Crippen LogP contribution in [0, 0.1) is 5.82 Å². The second-order valence-corrected chi connectivity index (χ2v) is 7.01. The molecule has 0 radical (unpaired) electrons. The van der Waals surface area contributed by atoms with E-state index in [4.69, 9.17) is 9.47 Å². The van der Waals surface area contributed by atoms with Crippen molar-refractivity contribution in [2.75, 3.05) is 7.11 Å². The Morgan fingerprint density at radius 1 is 1.15 bits per heavy atom. The van der Waals surface area contributed by atoms with E-state index in [2.05, 4.69) is 9.97 Å². The Morgan fingerprint density at radius 3 is 2.41 bits per heavy atom. The number of carbonyl (C=O) groups excluding carboxylic acids is 2. The fourth-order valence-electron chi connectivity index (χ4n) is 2.39. The summed E-state index contributed by atoms with van der Waals surface area (Å²) in [5.74, 6) is -0.655. The molecule has 6 nitrogen and oxygen atoms in total. The van der Waals surface area contributed by atoms with Crippen molar-refractivity contribution in [1.29, 1.82) is 0 Å². The van der Waals surface area contributed by atoms with Crippen molar-refractivity contribution in [2.45, 2.75) is 45.6 Å². The summed E-state index contributed by atoms with van der Waals surface area (Å²) >= 11 is 0. The molecule has 0 amide bonds. The Hall–Kier alpha value is -2.83. The molecular formula is C20H23FN2O4. The maximum absolute atomic E-state index is 12.9. The summed E-state index contributed by atoms with van der Waals surface area (Å²) in [7, 11) is 1.45. The van der Waals surface area contributed by atoms with Gasteiger partial charge in [-0.25, -0.2) is 9.37 Å². The first-order valence-corrected chi connectivity index (χ1v) is 8.57. The molecule has 0 aliphatic heterocycles. The molecule has 0 aliphatic carbocycles. The highest BCUT2D eigenvalue weighted by Crippen LogP contribution is 2.17. The molecule has 1 heterocycles. The molecule has 0 fully saturated rings. The highest BCUT2D eigenvalue weighted by atomic mass is 19.1. The molecule has 0 unspecified atom stereocenters. The molecule has 1 aromatic heterocycles. The number of Topliss-reactive ketones (excluding diaryl/α,β-unsaturated/α-hetero) is 1. The van der Waals surface area contributed by atoms with Crippen LogP contribution in [0.4, 0.5) is 4.39 Å². The molecule has 0 saturated carbocycles. The van der Waals surface area contributed by atoms with Gasteiger partial charge in [-0.2, -0.15) is 0 Å². The predicted molar refractivity (Wildman–Crippen MR) is 97.2 cm³/mol. The van der Waals surface area contributed by atoms with Gasteiger partial charge in [0.2, 0.25) is 5.88 Å². The third kappa shape index (κ3) is 6.44. The molecule has 1 aromatic carbocycles. The van der Waals surface area contributed by atoms with E-state index < -0.39 is 11.6 Å². The Bertz CT molecular complexity index is 814. The monoisotopic (exact) mass is 374 g/mol. The zero-order chi connectivity index (χ0) is 20.0. The summed E-state index contributed by atoms with van der Waals surface area (Å²) < 4.78 is 23.4. The lowest BCUT2D eigenvalue weighted by Crippen LogP contribution is -2.25. The minimum absolute atomic E-state index is 0.0184. The second kappa shape index (κ2) is 8.70. The Morgan fingerprint density at radius 2 is 1.81 bits per heavy atom. The average molecular weight is 374 g/mol. The Labute approximate surface area is 157 Å². The molecule has 7 heteroatoms. The largest absolute Gasteiger partial charge is 0.480 e. The van der Waals surface area contributed by atoms with Crippen LogP contribution in [0.1, 0.15) is 48.9 Å². The van der Waals surface area contributed by atoms with E-state index in [1.165, 1.54) is 37.6 Å². The molecule has 0 saturated heterocycles. The maximum atomic E-state index is 12.9. The predicted octanol–water partition coefficient (Wildman–Crippen LogP) is 3.32. The number of rotatable bonds is 7. The number of hydrogen-bond acceptors (Lipinski definition) is 6. The number of carbonyl (C=O) groups is 2. The first kappa shape index (κ1) is 20.5. The van der Waals surface area contributed by atoms with Gasteiger partial charge in [0.25, 0.3) is 0 Å². The zero-order valence-electron chi connectivity index (χ0n) is 15.9. The van der Waals surface area contributed by atoms with Crippen LogP contribution >= 0.6 is 0 Å². The van der Waals surface area contributed by atoms with Crippen molar-refractivity contribution in [3.05, 3.63) is 53.2 Å². The lowest BCUT2D eigenvalue weighted by atomic mass is 10.1. The fourth-order valence-corrected chi connectivity index (χ4v) is 2.39. The van der Waals surface area contributed by atoms with Crippen LogP contribution in [-0.4, -0.2) is 34.4 Å². The quantitative estimate of drug-likeness (QED) is 0.546. The normalized spacial score (nSPS) is 11.1. The molecule has 0 N–H and O–H groups in total. The zero-order valence-corrected chi connectivity index (χ0v) is 15.9. The highest BCUT2D eigenvalue weighted by Gasteiger charge is 2.18. The van der Waals surface area contributed by atoms with E-state index in [1.807, 2.05) is 0 Å². The van der Waals surface area contributed by atoms with Crippen molar-refractivity contribution in [2.24, 2.45) is 0 Å². The van der Waals surface area contributed by atoms with Crippen LogP contribution in [0.2, 0.25) is 0 Å². The van der Waals surface area contributed by atoms with E-state index in [1.54, 1.807) is 20.8 Å². The van der Waals surface area contributed by atoms with Crippen LogP contribution in [0.5, 0.6) is 5.88 Å². The van der Waals surface area contributed by atoms with Gasteiger partial charge in [0, 0.05) is 24.6 Å². The molecule has 144 valence electrons. The summed E-state index contributed by atoms with van der Waals surface area (Å²) in [6.07, 6.45) is 1.96. The van der Waals surface area contributed by atoms with Gasteiger partial charge in [0.1, 0.15) is 17.1 Å². The van der Waals surface area contributed by atoms with Gasteiger partial charge in [0.05, 0.1) is 19.2 Å². The van der Waals surface area contributed by atoms with Gasteiger partial charge in [-0.1, -0.05) is 0 Å². The van der Waals surface area contributed by atoms with Crippen molar-refractivity contribution in [3.63, 3.8) is 0 Å². The number of ketones is 1. The van der Waals surface area contributed by atoms with Gasteiger partial charge in [-0.15, -0.1) is 0 Å². The number of aryl methyl sites for hydroxylation is 1. The average Bonchev–Trinajstić information content (AvgIpc) is 2.59. The minimum atomic E-state index is -0.574. The SMILES string of the molecule is COc1nc(CC(=O)OC(C)(C)C)cnc1CCC(=O)c1ccc(F)cc1. The number of methoxy groups -OCH3 is 1. The molecule has 0 atom stereocenters. The van der Waals surface area contributed by atoms with E-state index in [0.717, 1.165) is 0 Å². The number of benzene rings is 1. The maximum Gasteiger partial charge on any atom is 0.312 e. The van der Waals surface area contributed by atoms with Crippen LogP contribution in [0.25, 0.3) is 0 Å². The van der Waals surface area contributed by atoms with Crippen LogP contribution < -0.4 is 4.74 Å². The standard InChI is InChI=1S/C20H23FN2O4/c1-20(2,3)27-18(25)11-15-12-22-16(19(23-15)26-4)9-10-17(24)13-5-7-14(21)8-6-13/h5-8,12H,9-11H2,1-4H3. The van der Waals surface area contributed by atoms with E-state index >= 15 is 0 Å². The van der Waals surface area contributed by atoms with Crippen molar-refractivity contribution in [1.82, 2.24) is 9.97 Å². The molecule has 2 aromatic rings. The number of nitrogens with zero attached hydrogens (tertiary/aromatic N) is 2. The molecule has 0 aliphatic rings. The summed E-state index contributed by atoms with van der Waals surface area (Å²) in [6.45, 7) is 5.37. The van der Waals surface area contributed by atoms with E-state index in [0.29, 0.717) is 23.4 Å². The summed E-state index contributed by atoms with van der Waals surface area (Å²) in [4.78, 5) is 32.7. The van der Waals surface area contributed by atoms with Crippen LogP contribution in [0.3, 0.4) is 0 Å². The van der Waals surface area contributed by atoms with Gasteiger partial charge < -0.3 is 9.47 Å². The number of ether oxygens (including phenoxy) is 2. The lowest BCUT2D eigenvalue weighted by Gasteiger charge is -2.19. The first-order chi connectivity index (χ1) is 12.7. The second-order valence-electron chi connectivity index (χ2n) is 7.01. The van der Waals surface area contributed by atoms with Crippen LogP contribution in [0.15, 0.2) is 30.5 Å². The highest BCUT2D eigenvalue weighted by molar-refractivity contribution is 5.96. The Balaban J connectivity index is 2.02. The van der Waals surface area contributed by atoms with Gasteiger partial charge in [-0.3, -0.25) is 14.6 Å². The lowest BCUT2D eigenvalue weighted by molar-refractivity contribution is -0.154. The van der Waals surface area contributed by atoms with Gasteiger partial charge in [-0.05, 0) is 45.0 Å². The van der Waals surface area contributed by atoms with E-state index in [9.17, 15) is 14.0 Å².